The Morgan fingerprint density at radius 2 is 1.53 bits per heavy atom. The Hall–Kier alpha value is -2.61. The van der Waals surface area contributed by atoms with E-state index in [-0.39, 0.29) is 13.2 Å². The van der Waals surface area contributed by atoms with Gasteiger partial charge in [-0.05, 0) is 49.9 Å². The van der Waals surface area contributed by atoms with Crippen molar-refractivity contribution in [3.05, 3.63) is 76.8 Å². The number of rotatable bonds is 8. The number of nitrogens with one attached hydrogen (secondary N) is 1. The first kappa shape index (κ1) is 24.0. The molecule has 7 heteroatoms. The van der Waals surface area contributed by atoms with Crippen LogP contribution in [0.2, 0.25) is 0 Å². The molecule has 1 fully saturated rings. The zero-order chi connectivity index (χ0) is 23.2. The summed E-state index contributed by atoms with van der Waals surface area (Å²) in [7, 11) is 1.10. The summed E-state index contributed by atoms with van der Waals surface area (Å²) >= 11 is 0. The van der Waals surface area contributed by atoms with Gasteiger partial charge >= 0.3 is 13.2 Å². The van der Waals surface area contributed by atoms with E-state index < -0.39 is 24.4 Å². The van der Waals surface area contributed by atoms with E-state index in [1.165, 1.54) is 0 Å². The number of carbonyl (C=O) groups excluding carboxylic acids is 1. The lowest BCUT2D eigenvalue weighted by Crippen LogP contribution is -2.41. The largest absolute Gasteiger partial charge is 0.492 e. The number of alkyl carbamates (subject to hydrolysis) is 1. The molecule has 32 heavy (non-hydrogen) atoms. The summed E-state index contributed by atoms with van der Waals surface area (Å²) in [6, 6.07) is 17.6. The molecule has 0 bridgehead atoms. The molecule has 0 unspecified atom stereocenters. The molecule has 1 N–H and O–H groups in total. The van der Waals surface area contributed by atoms with Crippen LogP contribution in [0.25, 0.3) is 6.08 Å². The van der Waals surface area contributed by atoms with Gasteiger partial charge in [-0.25, -0.2) is 4.79 Å². The number of benzene rings is 2. The Balaban J connectivity index is 1.71. The fraction of sp³-hybridized carbons (Fsp3) is 0.400. The average molecular weight is 437 g/mol. The van der Waals surface area contributed by atoms with Crippen LogP contribution in [0.15, 0.2) is 60.1 Å². The average Bonchev–Trinajstić information content (AvgIpc) is 2.98. The summed E-state index contributed by atoms with van der Waals surface area (Å²) in [6.07, 6.45) is 1.49. The van der Waals surface area contributed by atoms with Gasteiger partial charge in [-0.15, -0.1) is 0 Å². The summed E-state index contributed by atoms with van der Waals surface area (Å²) < 4.78 is 23.0. The molecule has 1 aliphatic rings. The maximum Gasteiger partial charge on any atom is 0.492 e. The van der Waals surface area contributed by atoms with Crippen LogP contribution < -0.4 is 5.32 Å². The van der Waals surface area contributed by atoms with Gasteiger partial charge in [0.2, 0.25) is 0 Å². The van der Waals surface area contributed by atoms with Crippen molar-refractivity contribution < 1.29 is 23.6 Å². The number of hydrogen-bond donors (Lipinski definition) is 1. The second-order valence-electron chi connectivity index (χ2n) is 8.90. The third-order valence-electron chi connectivity index (χ3n) is 5.85. The fourth-order valence-corrected chi connectivity index (χ4v) is 3.24. The third-order valence-corrected chi connectivity index (χ3v) is 5.85. The van der Waals surface area contributed by atoms with E-state index in [4.69, 9.17) is 18.8 Å². The molecule has 0 aromatic heterocycles. The van der Waals surface area contributed by atoms with E-state index in [2.05, 4.69) is 5.32 Å². The third kappa shape index (κ3) is 6.22. The maximum absolute atomic E-state index is 12.3. The minimum Gasteiger partial charge on any atom is -0.445 e. The van der Waals surface area contributed by atoms with Gasteiger partial charge in [0.05, 0.1) is 17.8 Å². The van der Waals surface area contributed by atoms with Gasteiger partial charge < -0.3 is 24.1 Å². The van der Waals surface area contributed by atoms with Crippen molar-refractivity contribution in [3.63, 3.8) is 0 Å². The number of carbonyl (C=O) groups is 1. The molecule has 1 aliphatic heterocycles. The highest BCUT2D eigenvalue weighted by atomic mass is 16.7. The maximum atomic E-state index is 12.3. The van der Waals surface area contributed by atoms with Crippen LogP contribution in [0.5, 0.6) is 0 Å². The Bertz CT molecular complexity index is 909. The first-order chi connectivity index (χ1) is 15.2. The molecule has 6 nitrogen and oxygen atoms in total. The molecular formula is C25H32BNO5. The number of hydrogen-bond acceptors (Lipinski definition) is 5. The molecule has 3 rings (SSSR count). The zero-order valence-electron chi connectivity index (χ0n) is 19.5. The molecule has 0 radical (unpaired) electrons. The van der Waals surface area contributed by atoms with Crippen molar-refractivity contribution in [2.24, 2.45) is 0 Å². The van der Waals surface area contributed by atoms with Crippen molar-refractivity contribution in [3.8, 4) is 0 Å². The van der Waals surface area contributed by atoms with E-state index in [9.17, 15) is 4.79 Å². The number of methoxy groups -OCH3 is 1. The highest BCUT2D eigenvalue weighted by Crippen LogP contribution is 2.38. The molecular weight excluding hydrogens is 405 g/mol. The quantitative estimate of drug-likeness (QED) is 0.603. The molecule has 0 aliphatic carbocycles. The number of amides is 1. The normalized spacial score (nSPS) is 17.3. The van der Waals surface area contributed by atoms with Crippen molar-refractivity contribution in [1.29, 1.82) is 0 Å². The van der Waals surface area contributed by atoms with Crippen LogP contribution in [0.4, 0.5) is 4.79 Å². The van der Waals surface area contributed by atoms with E-state index in [1.807, 2.05) is 88.4 Å². The second kappa shape index (κ2) is 10.3. The molecule has 0 saturated carbocycles. The summed E-state index contributed by atoms with van der Waals surface area (Å²) in [5, 5.41) is 2.83. The van der Waals surface area contributed by atoms with Gasteiger partial charge in [0.25, 0.3) is 0 Å². The standard InChI is InChI=1S/C25H32BNO5/c1-24(2)25(3,4)32-26(31-24)22(15-19-11-13-21(14-12-19)17-29-5)16-27-23(28)30-18-20-9-7-6-8-10-20/h6-15H,16-18H2,1-5H3,(H,27,28). The molecule has 2 aromatic carbocycles. The lowest BCUT2D eigenvalue weighted by molar-refractivity contribution is 0.00578. The van der Waals surface area contributed by atoms with Crippen LogP contribution in [-0.2, 0) is 32.0 Å². The van der Waals surface area contributed by atoms with Gasteiger partial charge in [-0.3, -0.25) is 0 Å². The summed E-state index contributed by atoms with van der Waals surface area (Å²) in [6.45, 7) is 9.03. The Morgan fingerprint density at radius 3 is 2.12 bits per heavy atom. The highest BCUT2D eigenvalue weighted by molar-refractivity contribution is 6.56. The molecule has 1 heterocycles. The second-order valence-corrected chi connectivity index (χ2v) is 8.90. The molecule has 0 spiro atoms. The van der Waals surface area contributed by atoms with Gasteiger partial charge in [0, 0.05) is 13.7 Å². The molecule has 170 valence electrons. The summed E-state index contributed by atoms with van der Waals surface area (Å²) in [5.41, 5.74) is 2.85. The summed E-state index contributed by atoms with van der Waals surface area (Å²) in [4.78, 5) is 12.3. The zero-order valence-corrected chi connectivity index (χ0v) is 19.5. The predicted octanol–water partition coefficient (Wildman–Crippen LogP) is 4.77. The molecule has 1 saturated heterocycles. The SMILES string of the molecule is COCc1ccc(C=C(CNC(=O)OCc2ccccc2)B2OC(C)(C)C(C)(C)O2)cc1. The van der Waals surface area contributed by atoms with Crippen molar-refractivity contribution in [2.45, 2.75) is 52.1 Å². The van der Waals surface area contributed by atoms with E-state index in [0.717, 1.165) is 22.2 Å². The molecule has 0 atom stereocenters. The number of ether oxygens (including phenoxy) is 2. The highest BCUT2D eigenvalue weighted by Gasteiger charge is 2.52. The van der Waals surface area contributed by atoms with Gasteiger partial charge in [-0.1, -0.05) is 60.7 Å². The Morgan fingerprint density at radius 1 is 0.938 bits per heavy atom. The molecule has 2 aromatic rings. The molecule has 1 amide bonds. The minimum absolute atomic E-state index is 0.211. The van der Waals surface area contributed by atoms with Crippen molar-refractivity contribution in [1.82, 2.24) is 5.32 Å². The van der Waals surface area contributed by atoms with Crippen LogP contribution >= 0.6 is 0 Å². The monoisotopic (exact) mass is 437 g/mol. The van der Waals surface area contributed by atoms with E-state index in [0.29, 0.717) is 6.61 Å². The summed E-state index contributed by atoms with van der Waals surface area (Å²) in [5.74, 6) is 0. The lowest BCUT2D eigenvalue weighted by Gasteiger charge is -2.32. The van der Waals surface area contributed by atoms with E-state index in [1.54, 1.807) is 7.11 Å². The van der Waals surface area contributed by atoms with Gasteiger partial charge in [0.1, 0.15) is 6.61 Å². The fourth-order valence-electron chi connectivity index (χ4n) is 3.24. The van der Waals surface area contributed by atoms with Crippen LogP contribution in [0.3, 0.4) is 0 Å². The van der Waals surface area contributed by atoms with Crippen LogP contribution in [-0.4, -0.2) is 38.1 Å². The predicted molar refractivity (Wildman–Crippen MR) is 126 cm³/mol. The van der Waals surface area contributed by atoms with E-state index >= 15 is 0 Å². The topological polar surface area (TPSA) is 66.0 Å². The Labute approximate surface area is 191 Å². The van der Waals surface area contributed by atoms with Crippen molar-refractivity contribution >= 4 is 19.3 Å². The van der Waals surface area contributed by atoms with Crippen LogP contribution in [0, 0.1) is 0 Å². The van der Waals surface area contributed by atoms with Gasteiger partial charge in [0.15, 0.2) is 0 Å². The Kier molecular flexibility index (Phi) is 7.77. The van der Waals surface area contributed by atoms with Crippen LogP contribution in [0.1, 0.15) is 44.4 Å². The first-order valence-electron chi connectivity index (χ1n) is 10.8. The first-order valence-corrected chi connectivity index (χ1v) is 10.8. The minimum atomic E-state index is -0.576. The lowest BCUT2D eigenvalue weighted by atomic mass is 9.77. The van der Waals surface area contributed by atoms with Crippen molar-refractivity contribution in [2.75, 3.05) is 13.7 Å². The van der Waals surface area contributed by atoms with Gasteiger partial charge in [-0.2, -0.15) is 0 Å². The smallest absolute Gasteiger partial charge is 0.445 e.